The summed E-state index contributed by atoms with van der Waals surface area (Å²) in [6.07, 6.45) is 14.2. The maximum atomic E-state index is 11.8. The van der Waals surface area contributed by atoms with Gasteiger partial charge < -0.3 is 19.1 Å². The zero-order valence-electron chi connectivity index (χ0n) is 17.5. The zero-order valence-corrected chi connectivity index (χ0v) is 17.5. The van der Waals surface area contributed by atoms with Crippen molar-refractivity contribution in [2.24, 2.45) is 5.92 Å². The van der Waals surface area contributed by atoms with Gasteiger partial charge in [-0.25, -0.2) is 9.78 Å². The number of ether oxygens (including phenoxy) is 1. The van der Waals surface area contributed by atoms with E-state index in [2.05, 4.69) is 38.3 Å². The fourth-order valence-electron chi connectivity index (χ4n) is 3.56. The van der Waals surface area contributed by atoms with E-state index in [9.17, 15) is 4.79 Å². The average Bonchev–Trinajstić information content (AvgIpc) is 3.51. The summed E-state index contributed by atoms with van der Waals surface area (Å²) in [5.41, 5.74) is 3.02. The summed E-state index contributed by atoms with van der Waals surface area (Å²) < 4.78 is 12.4. The maximum absolute atomic E-state index is 11.8. The van der Waals surface area contributed by atoms with Crippen LogP contribution in [0.2, 0.25) is 0 Å². The van der Waals surface area contributed by atoms with Crippen LogP contribution in [0.3, 0.4) is 0 Å². The summed E-state index contributed by atoms with van der Waals surface area (Å²) in [7, 11) is 1.37. The Kier molecular flexibility index (Phi) is 6.74. The fourth-order valence-corrected chi connectivity index (χ4v) is 3.56. The zero-order chi connectivity index (χ0) is 21.5. The van der Waals surface area contributed by atoms with Gasteiger partial charge in [-0.05, 0) is 37.4 Å². The van der Waals surface area contributed by atoms with Crippen LogP contribution < -0.4 is 5.32 Å². The number of hydrogen-bond donors (Lipinski definition) is 1. The minimum Gasteiger partial charge on any atom is -0.465 e. The fraction of sp³-hybridized carbons (Fsp3) is 0.292. The van der Waals surface area contributed by atoms with Gasteiger partial charge in [-0.15, -0.1) is 0 Å². The Labute approximate surface area is 181 Å². The number of rotatable bonds is 9. The van der Waals surface area contributed by atoms with Gasteiger partial charge in [0.2, 0.25) is 0 Å². The normalized spacial score (nSPS) is 15.6. The van der Waals surface area contributed by atoms with Crippen LogP contribution in [0.1, 0.15) is 29.0 Å². The van der Waals surface area contributed by atoms with Crippen LogP contribution in [0, 0.1) is 5.92 Å². The van der Waals surface area contributed by atoms with Gasteiger partial charge >= 0.3 is 5.97 Å². The molecule has 7 heteroatoms. The van der Waals surface area contributed by atoms with Crippen molar-refractivity contribution in [2.75, 3.05) is 20.2 Å². The minimum absolute atomic E-state index is 0.370. The summed E-state index contributed by atoms with van der Waals surface area (Å²) >= 11 is 0. The number of allylic oxidation sites excluding steroid dienone is 3. The third-order valence-corrected chi connectivity index (χ3v) is 5.30. The van der Waals surface area contributed by atoms with Crippen molar-refractivity contribution in [3.63, 3.8) is 0 Å². The van der Waals surface area contributed by atoms with Crippen LogP contribution in [0.4, 0.5) is 0 Å². The van der Waals surface area contributed by atoms with Crippen molar-refractivity contribution in [3.05, 3.63) is 78.6 Å². The van der Waals surface area contributed by atoms with E-state index in [1.807, 2.05) is 30.7 Å². The van der Waals surface area contributed by atoms with Gasteiger partial charge in [0.1, 0.15) is 5.69 Å². The first-order valence-corrected chi connectivity index (χ1v) is 10.4. The monoisotopic (exact) mass is 418 g/mol. The first-order valence-electron chi connectivity index (χ1n) is 10.4. The number of aryl methyl sites for hydroxylation is 1. The topological polar surface area (TPSA) is 82.2 Å². The second-order valence-corrected chi connectivity index (χ2v) is 7.52. The number of carbonyl (C=O) groups is 1. The van der Waals surface area contributed by atoms with E-state index in [1.54, 1.807) is 18.3 Å². The second kappa shape index (κ2) is 10.0. The Bertz CT molecular complexity index is 1070. The van der Waals surface area contributed by atoms with Crippen molar-refractivity contribution in [3.8, 4) is 11.3 Å². The minimum atomic E-state index is -0.370. The molecule has 1 aliphatic carbocycles. The van der Waals surface area contributed by atoms with Gasteiger partial charge in [0.05, 0.1) is 19.0 Å². The van der Waals surface area contributed by atoms with E-state index in [-0.39, 0.29) is 5.97 Å². The van der Waals surface area contributed by atoms with Gasteiger partial charge in [0.15, 0.2) is 5.76 Å². The van der Waals surface area contributed by atoms with Crippen molar-refractivity contribution in [2.45, 2.75) is 19.4 Å². The molecule has 0 spiro atoms. The van der Waals surface area contributed by atoms with Gasteiger partial charge in [-0.1, -0.05) is 35.5 Å². The molecule has 0 amide bonds. The summed E-state index contributed by atoms with van der Waals surface area (Å²) in [5.74, 6) is 0.822. The number of nitrogens with zero attached hydrogens (tertiary/aromatic N) is 3. The highest BCUT2D eigenvalue weighted by atomic mass is 16.5. The van der Waals surface area contributed by atoms with E-state index in [1.165, 1.54) is 7.11 Å². The maximum Gasteiger partial charge on any atom is 0.337 e. The number of nitrogens with one attached hydrogen (secondary N) is 1. The van der Waals surface area contributed by atoms with Crippen molar-refractivity contribution in [1.29, 1.82) is 0 Å². The first kappa shape index (κ1) is 20.8. The van der Waals surface area contributed by atoms with E-state index < -0.39 is 0 Å². The molecule has 7 nitrogen and oxygen atoms in total. The average molecular weight is 418 g/mol. The molecule has 1 atom stereocenters. The first-order chi connectivity index (χ1) is 15.2. The van der Waals surface area contributed by atoms with Gasteiger partial charge in [-0.2, -0.15) is 0 Å². The van der Waals surface area contributed by atoms with Gasteiger partial charge in [-0.3, -0.25) is 0 Å². The van der Waals surface area contributed by atoms with Crippen LogP contribution in [0.25, 0.3) is 16.8 Å². The molecule has 2 aromatic heterocycles. The molecule has 1 unspecified atom stereocenters. The Morgan fingerprint density at radius 3 is 3.06 bits per heavy atom. The Morgan fingerprint density at radius 1 is 1.35 bits per heavy atom. The van der Waals surface area contributed by atoms with E-state index >= 15 is 0 Å². The molecule has 2 heterocycles. The Hall–Kier alpha value is -3.45. The predicted molar refractivity (Wildman–Crippen MR) is 118 cm³/mol. The number of carbonyl (C=O) groups excluding carboxylic acids is 1. The summed E-state index contributed by atoms with van der Waals surface area (Å²) in [4.78, 5) is 15.8. The van der Waals surface area contributed by atoms with Crippen molar-refractivity contribution >= 4 is 11.5 Å². The van der Waals surface area contributed by atoms with Crippen LogP contribution in [-0.2, 0) is 11.3 Å². The largest absolute Gasteiger partial charge is 0.465 e. The predicted octanol–water partition coefficient (Wildman–Crippen LogP) is 3.96. The molecule has 31 heavy (non-hydrogen) atoms. The molecular weight excluding hydrogens is 392 g/mol. The number of benzene rings is 1. The number of methoxy groups -OCH3 is 1. The van der Waals surface area contributed by atoms with Crippen LogP contribution >= 0.6 is 0 Å². The molecule has 4 rings (SSSR count). The number of esters is 1. The highest BCUT2D eigenvalue weighted by Gasteiger charge is 2.15. The molecule has 0 saturated carbocycles. The Balaban J connectivity index is 1.28. The molecule has 0 saturated heterocycles. The van der Waals surface area contributed by atoms with E-state index in [4.69, 9.17) is 9.26 Å². The number of hydrogen-bond acceptors (Lipinski definition) is 6. The molecule has 3 aromatic rings. The van der Waals surface area contributed by atoms with Crippen LogP contribution in [-0.4, -0.2) is 40.9 Å². The molecule has 0 radical (unpaired) electrons. The summed E-state index contributed by atoms with van der Waals surface area (Å²) in [5, 5.41) is 7.71. The van der Waals surface area contributed by atoms with E-state index in [0.29, 0.717) is 17.2 Å². The molecule has 0 aliphatic heterocycles. The summed E-state index contributed by atoms with van der Waals surface area (Å²) in [6.45, 7) is 2.91. The van der Waals surface area contributed by atoms with Crippen LogP contribution in [0.5, 0.6) is 0 Å². The second-order valence-electron chi connectivity index (χ2n) is 7.52. The molecule has 1 aliphatic rings. The molecule has 160 valence electrons. The van der Waals surface area contributed by atoms with Crippen LogP contribution in [0.15, 0.2) is 71.8 Å². The molecule has 1 aromatic carbocycles. The smallest absolute Gasteiger partial charge is 0.337 e. The molecule has 1 N–H and O–H groups in total. The lowest BCUT2D eigenvalue weighted by Crippen LogP contribution is -2.24. The third kappa shape index (κ3) is 5.38. The lowest BCUT2D eigenvalue weighted by molar-refractivity contribution is 0.0601. The number of imidazole rings is 1. The van der Waals surface area contributed by atoms with E-state index in [0.717, 1.165) is 49.4 Å². The quantitative estimate of drug-likeness (QED) is 0.418. The third-order valence-electron chi connectivity index (χ3n) is 5.30. The highest BCUT2D eigenvalue weighted by Crippen LogP contribution is 2.28. The highest BCUT2D eigenvalue weighted by molar-refractivity contribution is 5.90. The van der Waals surface area contributed by atoms with Gasteiger partial charge in [0, 0.05) is 42.7 Å². The van der Waals surface area contributed by atoms with Crippen molar-refractivity contribution in [1.82, 2.24) is 20.0 Å². The SMILES string of the molecule is COC(=O)c1cccc(-c2cc(C3=CCC(CNCCCn4ccnc4)C=C3)on2)c1. The molecular formula is C24H26N4O3. The summed E-state index contributed by atoms with van der Waals surface area (Å²) in [6, 6.07) is 9.08. The molecule has 0 bridgehead atoms. The van der Waals surface area contributed by atoms with Gasteiger partial charge in [0.25, 0.3) is 0 Å². The standard InChI is InChI=1S/C24H26N4O3/c1-30-24(29)21-5-2-4-20(14-21)22-15-23(31-27-22)19-8-6-18(7-9-19)16-25-10-3-12-28-13-11-26-17-28/h2,4-6,8-9,11,13-15,17-18,25H,3,7,10,12,16H2,1H3. The van der Waals surface area contributed by atoms with Crippen molar-refractivity contribution < 1.29 is 14.1 Å². The lowest BCUT2D eigenvalue weighted by atomic mass is 9.95. The number of aromatic nitrogens is 3. The lowest BCUT2D eigenvalue weighted by Gasteiger charge is -2.16. The Morgan fingerprint density at radius 2 is 2.29 bits per heavy atom. The molecule has 0 fully saturated rings.